The monoisotopic (exact) mass is 238 g/mol. The molecule has 18 heavy (non-hydrogen) atoms. The average molecular weight is 238 g/mol. The summed E-state index contributed by atoms with van der Waals surface area (Å²) in [5, 5.41) is 9.25. The van der Waals surface area contributed by atoms with E-state index in [2.05, 4.69) is 29.9 Å². The standard InChI is InChI=1S/C16H18N2/c1-5-9-13(10-6-2)16-14(11-7-3)15(12-8-4)17-18-16/h5-12,17H,1,3-4H2,2H3/b10-6-,13-9+,14-11+,15-12+. The highest BCUT2D eigenvalue weighted by Crippen LogP contribution is 2.08. The Bertz CT molecular complexity index is 610. The first-order valence-electron chi connectivity index (χ1n) is 5.74. The zero-order valence-corrected chi connectivity index (χ0v) is 10.7. The smallest absolute Gasteiger partial charge is 0.0999 e. The molecule has 0 spiro atoms. The zero-order chi connectivity index (χ0) is 13.4. The molecule has 0 bridgehead atoms. The van der Waals surface area contributed by atoms with E-state index in [9.17, 15) is 0 Å². The molecule has 1 heterocycles. The molecule has 2 nitrogen and oxygen atoms in total. The van der Waals surface area contributed by atoms with Crippen LogP contribution >= 0.6 is 0 Å². The van der Waals surface area contributed by atoms with Crippen molar-refractivity contribution in [1.29, 1.82) is 0 Å². The van der Waals surface area contributed by atoms with Crippen LogP contribution in [0, 0.1) is 0 Å². The van der Waals surface area contributed by atoms with Gasteiger partial charge in [-0.05, 0) is 13.0 Å². The number of nitrogens with zero attached hydrogens (tertiary/aromatic N) is 1. The van der Waals surface area contributed by atoms with E-state index in [1.165, 1.54) is 0 Å². The third-order valence-electron chi connectivity index (χ3n) is 2.32. The van der Waals surface area contributed by atoms with Gasteiger partial charge in [0.25, 0.3) is 0 Å². The van der Waals surface area contributed by atoms with Gasteiger partial charge in [0.05, 0.1) is 11.0 Å². The van der Waals surface area contributed by atoms with Crippen LogP contribution in [0.15, 0.2) is 56.2 Å². The summed E-state index contributed by atoms with van der Waals surface area (Å²) in [6, 6.07) is 0. The lowest BCUT2D eigenvalue weighted by Gasteiger charge is -1.95. The minimum Gasteiger partial charge on any atom is -0.277 e. The molecular weight excluding hydrogens is 220 g/mol. The Labute approximate surface area is 108 Å². The molecule has 0 saturated carbocycles. The van der Waals surface area contributed by atoms with Gasteiger partial charge in [0.2, 0.25) is 0 Å². The van der Waals surface area contributed by atoms with Gasteiger partial charge in [0.15, 0.2) is 0 Å². The summed E-state index contributed by atoms with van der Waals surface area (Å²) in [5.74, 6) is 0. The maximum atomic E-state index is 4.34. The number of hydrogen-bond donors (Lipinski definition) is 1. The van der Waals surface area contributed by atoms with Crippen LogP contribution in [-0.4, -0.2) is 10.2 Å². The summed E-state index contributed by atoms with van der Waals surface area (Å²) in [7, 11) is 0. The lowest BCUT2D eigenvalue weighted by molar-refractivity contribution is 1.05. The second kappa shape index (κ2) is 7.07. The summed E-state index contributed by atoms with van der Waals surface area (Å²) in [5.41, 5.74) is 1.88. The van der Waals surface area contributed by atoms with Crippen LogP contribution in [0.4, 0.5) is 0 Å². The Hall–Kier alpha value is -2.35. The molecule has 0 unspecified atom stereocenters. The first-order valence-corrected chi connectivity index (χ1v) is 5.74. The number of aromatic amines is 1. The van der Waals surface area contributed by atoms with Gasteiger partial charge < -0.3 is 0 Å². The zero-order valence-electron chi connectivity index (χ0n) is 10.7. The van der Waals surface area contributed by atoms with Crippen LogP contribution in [0.3, 0.4) is 0 Å². The lowest BCUT2D eigenvalue weighted by Crippen LogP contribution is -2.24. The van der Waals surface area contributed by atoms with Crippen molar-refractivity contribution in [3.8, 4) is 0 Å². The number of rotatable bonds is 5. The normalized spacial score (nSPS) is 14.2. The van der Waals surface area contributed by atoms with Crippen LogP contribution in [0.25, 0.3) is 17.7 Å². The minimum absolute atomic E-state index is 0.876. The summed E-state index contributed by atoms with van der Waals surface area (Å²) in [4.78, 5) is 0. The fourth-order valence-corrected chi connectivity index (χ4v) is 1.64. The molecule has 0 aromatic carbocycles. The predicted molar refractivity (Wildman–Crippen MR) is 80.1 cm³/mol. The summed E-state index contributed by atoms with van der Waals surface area (Å²) in [6.07, 6.45) is 14.9. The topological polar surface area (TPSA) is 28.7 Å². The molecule has 0 aliphatic rings. The van der Waals surface area contributed by atoms with Crippen LogP contribution in [0.1, 0.15) is 12.6 Å². The third kappa shape index (κ3) is 3.08. The van der Waals surface area contributed by atoms with Crippen LogP contribution < -0.4 is 10.6 Å². The fourth-order valence-electron chi connectivity index (χ4n) is 1.64. The largest absolute Gasteiger partial charge is 0.277 e. The van der Waals surface area contributed by atoms with E-state index in [0.717, 1.165) is 21.8 Å². The molecular formula is C16H18N2. The summed E-state index contributed by atoms with van der Waals surface area (Å²) >= 11 is 0. The third-order valence-corrected chi connectivity index (χ3v) is 2.32. The Balaban J connectivity index is 3.60. The van der Waals surface area contributed by atoms with Crippen molar-refractivity contribution >= 4 is 17.7 Å². The molecule has 92 valence electrons. The van der Waals surface area contributed by atoms with E-state index in [1.807, 2.05) is 37.3 Å². The lowest BCUT2D eigenvalue weighted by atomic mass is 10.1. The Morgan fingerprint density at radius 3 is 2.39 bits per heavy atom. The fraction of sp³-hybridized carbons (Fsp3) is 0.0625. The quantitative estimate of drug-likeness (QED) is 0.784. The van der Waals surface area contributed by atoms with Crippen molar-refractivity contribution in [3.05, 3.63) is 72.5 Å². The second-order valence-electron chi connectivity index (χ2n) is 3.56. The van der Waals surface area contributed by atoms with Gasteiger partial charge in [-0.15, -0.1) is 0 Å². The average Bonchev–Trinajstić information content (AvgIpc) is 2.74. The summed E-state index contributed by atoms with van der Waals surface area (Å²) in [6.45, 7) is 13.1. The van der Waals surface area contributed by atoms with Crippen molar-refractivity contribution in [1.82, 2.24) is 10.2 Å². The molecule has 1 rings (SSSR count). The molecule has 0 saturated heterocycles. The van der Waals surface area contributed by atoms with Crippen molar-refractivity contribution in [2.75, 3.05) is 0 Å². The Kier molecular flexibility index (Phi) is 5.39. The van der Waals surface area contributed by atoms with Gasteiger partial charge >= 0.3 is 0 Å². The van der Waals surface area contributed by atoms with Crippen molar-refractivity contribution < 1.29 is 0 Å². The number of nitrogens with one attached hydrogen (secondary N) is 1. The summed E-state index contributed by atoms with van der Waals surface area (Å²) < 4.78 is 0. The van der Waals surface area contributed by atoms with Crippen LogP contribution in [-0.2, 0) is 0 Å². The molecule has 0 radical (unpaired) electrons. The number of aromatic nitrogens is 2. The predicted octanol–water partition coefficient (Wildman–Crippen LogP) is 2.49. The number of hydrogen-bond acceptors (Lipinski definition) is 1. The van der Waals surface area contributed by atoms with Gasteiger partial charge in [-0.3, -0.25) is 5.10 Å². The molecule has 1 N–H and O–H groups in total. The SMILES string of the molecule is C=C/C=c1/c(C(/C=C\C)=C/C=C)n[nH]/c1=C/C=C. The maximum Gasteiger partial charge on any atom is 0.0999 e. The van der Waals surface area contributed by atoms with Crippen molar-refractivity contribution in [2.45, 2.75) is 6.92 Å². The molecule has 0 atom stereocenters. The van der Waals surface area contributed by atoms with Gasteiger partial charge in [-0.2, -0.15) is 5.10 Å². The van der Waals surface area contributed by atoms with E-state index in [-0.39, 0.29) is 0 Å². The molecule has 1 aromatic heterocycles. The molecule has 0 aliphatic heterocycles. The van der Waals surface area contributed by atoms with E-state index in [4.69, 9.17) is 0 Å². The van der Waals surface area contributed by atoms with E-state index in [1.54, 1.807) is 18.2 Å². The molecule has 1 aromatic rings. The first-order chi connectivity index (χ1) is 8.78. The van der Waals surface area contributed by atoms with Gasteiger partial charge in [0.1, 0.15) is 0 Å². The van der Waals surface area contributed by atoms with E-state index >= 15 is 0 Å². The van der Waals surface area contributed by atoms with Crippen LogP contribution in [0.2, 0.25) is 0 Å². The highest BCUT2D eigenvalue weighted by molar-refractivity contribution is 5.74. The highest BCUT2D eigenvalue weighted by atomic mass is 15.1. The second-order valence-corrected chi connectivity index (χ2v) is 3.56. The first kappa shape index (κ1) is 13.7. The van der Waals surface area contributed by atoms with Gasteiger partial charge in [-0.1, -0.05) is 62.3 Å². The molecule has 2 heteroatoms. The molecule has 0 amide bonds. The van der Waals surface area contributed by atoms with E-state index < -0.39 is 0 Å². The van der Waals surface area contributed by atoms with Crippen molar-refractivity contribution in [3.63, 3.8) is 0 Å². The molecule has 0 fully saturated rings. The Morgan fingerprint density at radius 1 is 1.11 bits per heavy atom. The van der Waals surface area contributed by atoms with Crippen molar-refractivity contribution in [2.24, 2.45) is 0 Å². The number of H-pyrrole nitrogens is 1. The Morgan fingerprint density at radius 2 is 1.83 bits per heavy atom. The maximum absolute atomic E-state index is 4.34. The molecule has 0 aliphatic carbocycles. The minimum atomic E-state index is 0.876. The van der Waals surface area contributed by atoms with Crippen LogP contribution in [0.5, 0.6) is 0 Å². The van der Waals surface area contributed by atoms with E-state index in [0.29, 0.717) is 0 Å². The number of allylic oxidation sites excluding steroid dienone is 7. The van der Waals surface area contributed by atoms with Gasteiger partial charge in [0, 0.05) is 10.8 Å². The van der Waals surface area contributed by atoms with Gasteiger partial charge in [-0.25, -0.2) is 0 Å². The highest BCUT2D eigenvalue weighted by Gasteiger charge is 2.04.